The third-order valence-electron chi connectivity index (χ3n) is 1.45. The third kappa shape index (κ3) is 2.30. The second-order valence-corrected chi connectivity index (χ2v) is 2.30. The molecule has 1 aliphatic rings. The molecule has 54 valence electrons. The highest BCUT2D eigenvalue weighted by atomic mass is 16.7. The van der Waals surface area contributed by atoms with Crippen molar-refractivity contribution in [2.45, 2.75) is 6.42 Å². The third-order valence-corrected chi connectivity index (χ3v) is 1.45. The van der Waals surface area contributed by atoms with E-state index in [0.717, 1.165) is 26.2 Å². The molecule has 0 aromatic rings. The predicted octanol–water partition coefficient (Wildman–Crippen LogP) is -0.0443. The summed E-state index contributed by atoms with van der Waals surface area (Å²) in [6, 6.07) is 0. The molecule has 0 bridgehead atoms. The van der Waals surface area contributed by atoms with Gasteiger partial charge in [-0.25, -0.2) is 0 Å². The summed E-state index contributed by atoms with van der Waals surface area (Å²) in [4.78, 5) is 0. The molecule has 0 unspecified atom stereocenters. The quantitative estimate of drug-likeness (QED) is 0.571. The lowest BCUT2D eigenvalue weighted by molar-refractivity contribution is -0.126. The molecule has 9 heavy (non-hydrogen) atoms. The monoisotopic (exact) mass is 131 g/mol. The van der Waals surface area contributed by atoms with Crippen molar-refractivity contribution in [3.8, 4) is 0 Å². The Balaban J connectivity index is 2.08. The van der Waals surface area contributed by atoms with Gasteiger partial charge in [-0.2, -0.15) is 0 Å². The fraction of sp³-hybridized carbons (Fsp3) is 1.00. The molecule has 0 amide bonds. The van der Waals surface area contributed by atoms with Crippen LogP contribution in [0.3, 0.4) is 0 Å². The average molecular weight is 131 g/mol. The molecule has 1 heterocycles. The molecule has 0 aliphatic carbocycles. The number of nitrogens with two attached hydrogens (primary N) is 1. The first-order chi connectivity index (χ1) is 4.43. The fourth-order valence-corrected chi connectivity index (χ4v) is 0.939. The molecule has 0 spiro atoms. The predicted molar refractivity (Wildman–Crippen MR) is 33.9 cm³/mol. The maximum absolute atomic E-state index is 5.35. The second-order valence-electron chi connectivity index (χ2n) is 2.30. The van der Waals surface area contributed by atoms with Crippen LogP contribution in [0, 0.1) is 5.92 Å². The van der Waals surface area contributed by atoms with Crippen molar-refractivity contribution < 1.29 is 9.47 Å². The Labute approximate surface area is 55.1 Å². The van der Waals surface area contributed by atoms with E-state index in [1.165, 1.54) is 0 Å². The molecule has 2 N–H and O–H groups in total. The first-order valence-corrected chi connectivity index (χ1v) is 3.29. The lowest BCUT2D eigenvalue weighted by Gasteiger charge is -2.21. The smallest absolute Gasteiger partial charge is 0.146 e. The molecule has 0 saturated carbocycles. The number of hydrogen-bond acceptors (Lipinski definition) is 3. The largest absolute Gasteiger partial charge is 0.355 e. The van der Waals surface area contributed by atoms with Gasteiger partial charge in [-0.3, -0.25) is 0 Å². The Bertz CT molecular complexity index is 68.7. The second kappa shape index (κ2) is 3.82. The van der Waals surface area contributed by atoms with Crippen molar-refractivity contribution in [2.24, 2.45) is 11.7 Å². The zero-order valence-corrected chi connectivity index (χ0v) is 5.51. The Morgan fingerprint density at radius 1 is 1.33 bits per heavy atom. The molecule has 0 atom stereocenters. The standard InChI is InChI=1S/C6H13NO2/c7-2-1-6-3-8-5-9-4-6/h6H,1-5,7H2. The van der Waals surface area contributed by atoms with Crippen molar-refractivity contribution >= 4 is 0 Å². The topological polar surface area (TPSA) is 44.5 Å². The van der Waals surface area contributed by atoms with Crippen LogP contribution in [0.15, 0.2) is 0 Å². The Hall–Kier alpha value is -0.120. The molecular weight excluding hydrogens is 118 g/mol. The van der Waals surface area contributed by atoms with Crippen LogP contribution in [0.4, 0.5) is 0 Å². The van der Waals surface area contributed by atoms with Crippen molar-refractivity contribution in [3.05, 3.63) is 0 Å². The molecule has 3 nitrogen and oxygen atoms in total. The van der Waals surface area contributed by atoms with Gasteiger partial charge in [0, 0.05) is 5.92 Å². The van der Waals surface area contributed by atoms with Gasteiger partial charge < -0.3 is 15.2 Å². The lowest BCUT2D eigenvalue weighted by Crippen LogP contribution is -2.25. The van der Waals surface area contributed by atoms with Crippen LogP contribution in [0.25, 0.3) is 0 Å². The van der Waals surface area contributed by atoms with E-state index >= 15 is 0 Å². The molecule has 0 radical (unpaired) electrons. The first-order valence-electron chi connectivity index (χ1n) is 3.29. The molecule has 0 aromatic heterocycles. The molecule has 0 aromatic carbocycles. The Kier molecular flexibility index (Phi) is 2.97. The van der Waals surface area contributed by atoms with Gasteiger partial charge in [0.2, 0.25) is 0 Å². The lowest BCUT2D eigenvalue weighted by atomic mass is 10.1. The van der Waals surface area contributed by atoms with Crippen molar-refractivity contribution in [2.75, 3.05) is 26.6 Å². The number of rotatable bonds is 2. The van der Waals surface area contributed by atoms with Crippen LogP contribution in [-0.2, 0) is 9.47 Å². The van der Waals surface area contributed by atoms with Gasteiger partial charge in [-0.05, 0) is 13.0 Å². The Morgan fingerprint density at radius 3 is 2.56 bits per heavy atom. The minimum atomic E-state index is 0.459. The van der Waals surface area contributed by atoms with Gasteiger partial charge in [0.15, 0.2) is 0 Å². The van der Waals surface area contributed by atoms with E-state index in [4.69, 9.17) is 15.2 Å². The first kappa shape index (κ1) is 6.99. The average Bonchev–Trinajstić information content (AvgIpc) is 1.91. The summed E-state index contributed by atoms with van der Waals surface area (Å²) in [5.74, 6) is 0.531. The van der Waals surface area contributed by atoms with E-state index in [0.29, 0.717) is 12.7 Å². The minimum Gasteiger partial charge on any atom is -0.355 e. The zero-order valence-electron chi connectivity index (χ0n) is 5.51. The zero-order chi connectivity index (χ0) is 6.53. The Morgan fingerprint density at radius 2 is 2.00 bits per heavy atom. The summed E-state index contributed by atoms with van der Waals surface area (Å²) in [6.45, 7) is 2.83. The van der Waals surface area contributed by atoms with E-state index in [9.17, 15) is 0 Å². The van der Waals surface area contributed by atoms with Gasteiger partial charge in [0.25, 0.3) is 0 Å². The maximum atomic E-state index is 5.35. The highest BCUT2D eigenvalue weighted by molar-refractivity contribution is 4.59. The van der Waals surface area contributed by atoms with Gasteiger partial charge in [0.05, 0.1) is 13.2 Å². The summed E-state index contributed by atoms with van der Waals surface area (Å²) >= 11 is 0. The van der Waals surface area contributed by atoms with Gasteiger partial charge in [-0.1, -0.05) is 0 Å². The van der Waals surface area contributed by atoms with E-state index < -0.39 is 0 Å². The number of ether oxygens (including phenoxy) is 2. The van der Waals surface area contributed by atoms with Crippen LogP contribution >= 0.6 is 0 Å². The molecular formula is C6H13NO2. The summed E-state index contributed by atoms with van der Waals surface area (Å²) in [6.07, 6.45) is 1.01. The van der Waals surface area contributed by atoms with Gasteiger partial charge in [-0.15, -0.1) is 0 Å². The number of hydrogen-bond donors (Lipinski definition) is 1. The summed E-state index contributed by atoms with van der Waals surface area (Å²) in [5, 5.41) is 0. The van der Waals surface area contributed by atoms with E-state index in [-0.39, 0.29) is 0 Å². The van der Waals surface area contributed by atoms with E-state index in [1.807, 2.05) is 0 Å². The van der Waals surface area contributed by atoms with Crippen LogP contribution < -0.4 is 5.73 Å². The highest BCUT2D eigenvalue weighted by Gasteiger charge is 2.12. The van der Waals surface area contributed by atoms with E-state index in [1.54, 1.807) is 0 Å². The summed E-state index contributed by atoms with van der Waals surface area (Å²) in [5.41, 5.74) is 5.35. The van der Waals surface area contributed by atoms with Crippen molar-refractivity contribution in [3.63, 3.8) is 0 Å². The van der Waals surface area contributed by atoms with Crippen molar-refractivity contribution in [1.29, 1.82) is 0 Å². The SMILES string of the molecule is NCCC1COCOC1. The molecule has 1 saturated heterocycles. The normalized spacial score (nSPS) is 22.3. The summed E-state index contributed by atoms with van der Waals surface area (Å²) < 4.78 is 10.1. The minimum absolute atomic E-state index is 0.459. The van der Waals surface area contributed by atoms with Crippen LogP contribution in [0.2, 0.25) is 0 Å². The maximum Gasteiger partial charge on any atom is 0.146 e. The van der Waals surface area contributed by atoms with Gasteiger partial charge in [0.1, 0.15) is 6.79 Å². The van der Waals surface area contributed by atoms with Crippen LogP contribution in [0.5, 0.6) is 0 Å². The van der Waals surface area contributed by atoms with E-state index in [2.05, 4.69) is 0 Å². The molecule has 1 aliphatic heterocycles. The fourth-order valence-electron chi connectivity index (χ4n) is 0.939. The highest BCUT2D eigenvalue weighted by Crippen LogP contribution is 2.07. The molecule has 1 fully saturated rings. The van der Waals surface area contributed by atoms with Crippen LogP contribution in [0.1, 0.15) is 6.42 Å². The van der Waals surface area contributed by atoms with Crippen LogP contribution in [-0.4, -0.2) is 26.6 Å². The molecule has 3 heteroatoms. The summed E-state index contributed by atoms with van der Waals surface area (Å²) in [7, 11) is 0. The van der Waals surface area contributed by atoms with Crippen molar-refractivity contribution in [1.82, 2.24) is 0 Å². The molecule has 1 rings (SSSR count). The van der Waals surface area contributed by atoms with Gasteiger partial charge >= 0.3 is 0 Å².